The van der Waals surface area contributed by atoms with Crippen LogP contribution in [0.5, 0.6) is 0 Å². The molecule has 0 aliphatic heterocycles. The van der Waals surface area contributed by atoms with E-state index in [2.05, 4.69) is 4.72 Å². The van der Waals surface area contributed by atoms with Crippen LogP contribution in [0.1, 0.15) is 45.4 Å². The third-order valence-corrected chi connectivity index (χ3v) is 4.70. The van der Waals surface area contributed by atoms with Crippen LogP contribution in [0.25, 0.3) is 0 Å². The van der Waals surface area contributed by atoms with Gasteiger partial charge in [0.1, 0.15) is 6.04 Å². The Kier molecular flexibility index (Phi) is 5.39. The number of sulfonamides is 1. The first-order valence-electron chi connectivity index (χ1n) is 6.17. The summed E-state index contributed by atoms with van der Waals surface area (Å²) in [6, 6.07) is -0.972. The molecule has 1 rings (SSSR count). The van der Waals surface area contributed by atoms with E-state index in [1.54, 1.807) is 0 Å². The lowest BCUT2D eigenvalue weighted by Gasteiger charge is -2.25. The first-order valence-corrected chi connectivity index (χ1v) is 7.82. The van der Waals surface area contributed by atoms with Crippen LogP contribution in [0, 0.1) is 5.92 Å². The number of carboxylic acids is 1. The van der Waals surface area contributed by atoms with Crippen LogP contribution >= 0.6 is 0 Å². The van der Waals surface area contributed by atoms with Gasteiger partial charge in [0, 0.05) is 0 Å². The van der Waals surface area contributed by atoms with Gasteiger partial charge >= 0.3 is 5.97 Å². The highest BCUT2D eigenvalue weighted by Crippen LogP contribution is 2.27. The molecule has 2 N–H and O–H groups in total. The number of hydrogen-bond acceptors (Lipinski definition) is 3. The number of carboxylic acid groups (broad SMARTS) is 1. The average Bonchev–Trinajstić information content (AvgIpc) is 2.18. The van der Waals surface area contributed by atoms with Crippen LogP contribution in [0.3, 0.4) is 0 Å². The normalized spacial score (nSPS) is 18.6. The molecule has 1 atom stereocenters. The summed E-state index contributed by atoms with van der Waals surface area (Å²) in [6.45, 7) is 1.95. The van der Waals surface area contributed by atoms with E-state index in [0.717, 1.165) is 25.7 Å². The second kappa shape index (κ2) is 6.35. The second-order valence-electron chi connectivity index (χ2n) is 4.73. The summed E-state index contributed by atoms with van der Waals surface area (Å²) < 4.78 is 25.8. The summed E-state index contributed by atoms with van der Waals surface area (Å²) in [6.07, 6.45) is 4.88. The van der Waals surface area contributed by atoms with E-state index in [4.69, 9.17) is 5.11 Å². The van der Waals surface area contributed by atoms with Crippen molar-refractivity contribution in [2.45, 2.75) is 51.5 Å². The summed E-state index contributed by atoms with van der Waals surface area (Å²) in [5.41, 5.74) is 0. The Morgan fingerprint density at radius 2 is 2.12 bits per heavy atom. The second-order valence-corrected chi connectivity index (χ2v) is 6.53. The summed E-state index contributed by atoms with van der Waals surface area (Å²) >= 11 is 0. The molecule has 5 nitrogen and oxygen atoms in total. The van der Waals surface area contributed by atoms with Gasteiger partial charge in [0.2, 0.25) is 10.0 Å². The molecular formula is C11H21NO4S. The fraction of sp³-hybridized carbons (Fsp3) is 0.909. The number of unbranched alkanes of at least 4 members (excludes halogenated alkanes) is 1. The zero-order valence-electron chi connectivity index (χ0n) is 10.2. The van der Waals surface area contributed by atoms with E-state index in [1.165, 1.54) is 0 Å². The van der Waals surface area contributed by atoms with Crippen molar-refractivity contribution in [3.63, 3.8) is 0 Å². The molecule has 0 radical (unpaired) electrons. The van der Waals surface area contributed by atoms with Crippen molar-refractivity contribution in [3.05, 3.63) is 0 Å². The average molecular weight is 263 g/mol. The quantitative estimate of drug-likeness (QED) is 0.692. The number of rotatable bonds is 8. The Morgan fingerprint density at radius 1 is 1.47 bits per heavy atom. The molecule has 0 aromatic carbocycles. The summed E-state index contributed by atoms with van der Waals surface area (Å²) in [5, 5.41) is 8.94. The molecule has 0 amide bonds. The van der Waals surface area contributed by atoms with Gasteiger partial charge in [-0.05, 0) is 25.2 Å². The van der Waals surface area contributed by atoms with Crippen molar-refractivity contribution in [1.82, 2.24) is 4.72 Å². The van der Waals surface area contributed by atoms with Gasteiger partial charge in [-0.2, -0.15) is 0 Å². The van der Waals surface area contributed by atoms with Crippen LogP contribution in [-0.2, 0) is 14.8 Å². The molecule has 0 aromatic rings. The Bertz CT molecular complexity index is 348. The maximum Gasteiger partial charge on any atom is 0.321 e. The predicted molar refractivity (Wildman–Crippen MR) is 65.2 cm³/mol. The first kappa shape index (κ1) is 14.4. The van der Waals surface area contributed by atoms with Crippen LogP contribution in [-0.4, -0.2) is 31.3 Å². The maximum atomic E-state index is 11.7. The zero-order valence-corrected chi connectivity index (χ0v) is 11.0. The molecule has 0 heterocycles. The lowest BCUT2D eigenvalue weighted by molar-refractivity contribution is -0.139. The topological polar surface area (TPSA) is 83.5 Å². The van der Waals surface area contributed by atoms with Crippen molar-refractivity contribution in [2.75, 3.05) is 5.75 Å². The van der Waals surface area contributed by atoms with Crippen LogP contribution < -0.4 is 4.72 Å². The molecule has 17 heavy (non-hydrogen) atoms. The summed E-state index contributed by atoms with van der Waals surface area (Å²) in [7, 11) is -3.45. The van der Waals surface area contributed by atoms with Crippen molar-refractivity contribution in [2.24, 2.45) is 5.92 Å². The minimum absolute atomic E-state index is 0.0723. The van der Waals surface area contributed by atoms with Gasteiger partial charge in [-0.3, -0.25) is 4.79 Å². The van der Waals surface area contributed by atoms with Gasteiger partial charge in [-0.1, -0.05) is 26.2 Å². The van der Waals surface area contributed by atoms with Gasteiger partial charge in [0.05, 0.1) is 5.75 Å². The van der Waals surface area contributed by atoms with Gasteiger partial charge < -0.3 is 5.11 Å². The van der Waals surface area contributed by atoms with Crippen molar-refractivity contribution in [1.29, 1.82) is 0 Å². The summed E-state index contributed by atoms with van der Waals surface area (Å²) in [4.78, 5) is 10.9. The molecule has 6 heteroatoms. The van der Waals surface area contributed by atoms with E-state index in [-0.39, 0.29) is 11.7 Å². The monoisotopic (exact) mass is 263 g/mol. The van der Waals surface area contributed by atoms with Crippen LogP contribution in [0.4, 0.5) is 0 Å². The minimum atomic E-state index is -3.45. The van der Waals surface area contributed by atoms with Crippen LogP contribution in [0.15, 0.2) is 0 Å². The van der Waals surface area contributed by atoms with Gasteiger partial charge in [0.25, 0.3) is 0 Å². The molecule has 0 aromatic heterocycles. The smallest absolute Gasteiger partial charge is 0.321 e. The van der Waals surface area contributed by atoms with Crippen molar-refractivity contribution < 1.29 is 18.3 Å². The van der Waals surface area contributed by atoms with Crippen molar-refractivity contribution in [3.8, 4) is 0 Å². The Labute approximate surface area is 103 Å². The number of carbonyl (C=O) groups is 1. The highest BCUT2D eigenvalue weighted by molar-refractivity contribution is 7.89. The molecular weight excluding hydrogens is 242 g/mol. The maximum absolute atomic E-state index is 11.7. The van der Waals surface area contributed by atoms with Crippen LogP contribution in [0.2, 0.25) is 0 Å². The van der Waals surface area contributed by atoms with Gasteiger partial charge in [-0.15, -0.1) is 0 Å². The van der Waals surface area contributed by atoms with Crippen molar-refractivity contribution >= 4 is 16.0 Å². The van der Waals surface area contributed by atoms with E-state index >= 15 is 0 Å². The van der Waals surface area contributed by atoms with E-state index in [1.807, 2.05) is 6.92 Å². The third-order valence-electron chi connectivity index (χ3n) is 3.15. The fourth-order valence-electron chi connectivity index (χ4n) is 1.88. The highest BCUT2D eigenvalue weighted by Gasteiger charge is 2.28. The Hall–Kier alpha value is -0.620. The van der Waals surface area contributed by atoms with E-state index in [0.29, 0.717) is 12.8 Å². The van der Waals surface area contributed by atoms with E-state index < -0.39 is 22.0 Å². The third kappa shape index (κ3) is 5.04. The van der Waals surface area contributed by atoms with E-state index in [9.17, 15) is 13.2 Å². The molecule has 1 fully saturated rings. The number of hydrogen-bond donors (Lipinski definition) is 2. The SMILES string of the molecule is CCCC[C@H](NS(=O)(=O)CC1CCC1)C(=O)O. The molecule has 100 valence electrons. The van der Waals surface area contributed by atoms with Gasteiger partial charge in [0.15, 0.2) is 0 Å². The standard InChI is InChI=1S/C11H21NO4S/c1-2-3-7-10(11(13)14)12-17(15,16)8-9-5-4-6-9/h9-10,12H,2-8H2,1H3,(H,13,14)/t10-/m0/s1. The fourth-order valence-corrected chi connectivity index (χ4v) is 3.58. The molecule has 1 aliphatic rings. The predicted octanol–water partition coefficient (Wildman–Crippen LogP) is 1.35. The first-order chi connectivity index (χ1) is 7.94. The molecule has 0 saturated heterocycles. The minimum Gasteiger partial charge on any atom is -0.480 e. The molecule has 1 aliphatic carbocycles. The van der Waals surface area contributed by atoms with Gasteiger partial charge in [-0.25, -0.2) is 13.1 Å². The summed E-state index contributed by atoms with van der Waals surface area (Å²) in [5.74, 6) is -0.799. The largest absolute Gasteiger partial charge is 0.480 e. The highest BCUT2D eigenvalue weighted by atomic mass is 32.2. The molecule has 0 unspecified atom stereocenters. The molecule has 0 bridgehead atoms. The number of aliphatic carboxylic acids is 1. The Balaban J connectivity index is 2.48. The Morgan fingerprint density at radius 3 is 2.53 bits per heavy atom. The zero-order chi connectivity index (χ0) is 12.9. The molecule has 1 saturated carbocycles. The lowest BCUT2D eigenvalue weighted by Crippen LogP contribution is -2.43. The molecule has 0 spiro atoms. The number of nitrogens with one attached hydrogen (secondary N) is 1. The lowest BCUT2D eigenvalue weighted by atomic mass is 9.87.